The van der Waals surface area contributed by atoms with Gasteiger partial charge in [-0.1, -0.05) is 12.1 Å². The van der Waals surface area contributed by atoms with Gasteiger partial charge in [-0.05, 0) is 23.9 Å². The molecule has 2 aromatic rings. The second kappa shape index (κ2) is 5.09. The Morgan fingerprint density at radius 1 is 1.44 bits per heavy atom. The molecule has 4 heteroatoms. The molecule has 0 aromatic carbocycles. The van der Waals surface area contributed by atoms with Crippen molar-refractivity contribution in [1.29, 1.82) is 0 Å². The highest BCUT2D eigenvalue weighted by Gasteiger charge is 2.01. The fourth-order valence-electron chi connectivity index (χ4n) is 1.29. The molecule has 0 amide bonds. The van der Waals surface area contributed by atoms with Crippen LogP contribution in [0.3, 0.4) is 0 Å². The van der Waals surface area contributed by atoms with Crippen LogP contribution in [0.25, 0.3) is 0 Å². The Morgan fingerprint density at radius 3 is 2.88 bits per heavy atom. The van der Waals surface area contributed by atoms with Crippen LogP contribution in [0.4, 0.5) is 0 Å². The lowest BCUT2D eigenvalue weighted by atomic mass is 10.2. The molecule has 0 saturated carbocycles. The topological polar surface area (TPSA) is 48.1 Å². The zero-order valence-corrected chi connectivity index (χ0v) is 9.91. The van der Waals surface area contributed by atoms with Crippen LogP contribution in [0.5, 0.6) is 5.88 Å². The van der Waals surface area contributed by atoms with Gasteiger partial charge < -0.3 is 10.5 Å². The molecule has 84 valence electrons. The molecule has 2 aromatic heterocycles. The van der Waals surface area contributed by atoms with E-state index in [1.54, 1.807) is 17.5 Å². The Labute approximate surface area is 98.9 Å². The molecule has 0 bridgehead atoms. The summed E-state index contributed by atoms with van der Waals surface area (Å²) in [6, 6.07) is 7.86. The van der Waals surface area contributed by atoms with Crippen LogP contribution >= 0.6 is 11.3 Å². The minimum atomic E-state index is 0.0128. The van der Waals surface area contributed by atoms with E-state index < -0.39 is 0 Å². The van der Waals surface area contributed by atoms with Gasteiger partial charge in [-0.2, -0.15) is 0 Å². The summed E-state index contributed by atoms with van der Waals surface area (Å²) < 4.78 is 5.54. The average Bonchev–Trinajstić information content (AvgIpc) is 2.80. The van der Waals surface area contributed by atoms with Gasteiger partial charge in [0.25, 0.3) is 0 Å². The number of pyridine rings is 1. The van der Waals surface area contributed by atoms with Crippen LogP contribution in [0.15, 0.2) is 35.8 Å². The van der Waals surface area contributed by atoms with Gasteiger partial charge in [-0.3, -0.25) is 0 Å². The lowest BCUT2D eigenvalue weighted by Crippen LogP contribution is -2.05. The van der Waals surface area contributed by atoms with Crippen LogP contribution in [0.1, 0.15) is 23.4 Å². The molecule has 2 N–H and O–H groups in total. The predicted molar refractivity (Wildman–Crippen MR) is 65.5 cm³/mol. The van der Waals surface area contributed by atoms with Crippen molar-refractivity contribution in [2.24, 2.45) is 5.73 Å². The van der Waals surface area contributed by atoms with Crippen molar-refractivity contribution in [3.8, 4) is 5.88 Å². The maximum Gasteiger partial charge on any atom is 0.213 e. The van der Waals surface area contributed by atoms with E-state index in [0.717, 1.165) is 5.56 Å². The lowest BCUT2D eigenvalue weighted by molar-refractivity contribution is 0.297. The molecule has 2 rings (SSSR count). The molecular weight excluding hydrogens is 220 g/mol. The summed E-state index contributed by atoms with van der Waals surface area (Å²) in [4.78, 5) is 5.39. The van der Waals surface area contributed by atoms with E-state index in [0.29, 0.717) is 12.5 Å². The molecule has 2 heterocycles. The fourth-order valence-corrected chi connectivity index (χ4v) is 1.90. The predicted octanol–water partition coefficient (Wildman–Crippen LogP) is 2.74. The van der Waals surface area contributed by atoms with Gasteiger partial charge in [0, 0.05) is 23.2 Å². The Bertz CT molecular complexity index is 423. The number of nitrogens with zero attached hydrogens (tertiary/aromatic N) is 1. The molecule has 16 heavy (non-hydrogen) atoms. The zero-order valence-electron chi connectivity index (χ0n) is 9.09. The number of ether oxygens (including phenoxy) is 1. The monoisotopic (exact) mass is 234 g/mol. The highest BCUT2D eigenvalue weighted by Crippen LogP contribution is 2.15. The van der Waals surface area contributed by atoms with Crippen molar-refractivity contribution in [3.63, 3.8) is 0 Å². The first-order valence-corrected chi connectivity index (χ1v) is 6.00. The molecule has 0 saturated heterocycles. The van der Waals surface area contributed by atoms with Crippen LogP contribution in [0.2, 0.25) is 0 Å². The van der Waals surface area contributed by atoms with Crippen molar-refractivity contribution in [3.05, 3.63) is 46.3 Å². The first kappa shape index (κ1) is 11.1. The average molecular weight is 234 g/mol. The van der Waals surface area contributed by atoms with E-state index in [1.807, 2.05) is 36.6 Å². The largest absolute Gasteiger partial charge is 0.472 e. The second-order valence-electron chi connectivity index (χ2n) is 3.59. The third-order valence-electron chi connectivity index (χ3n) is 2.23. The summed E-state index contributed by atoms with van der Waals surface area (Å²) in [5, 5.41) is 2.03. The molecule has 0 aliphatic heterocycles. The maximum atomic E-state index is 5.74. The highest BCUT2D eigenvalue weighted by atomic mass is 32.1. The summed E-state index contributed by atoms with van der Waals surface area (Å²) >= 11 is 1.68. The van der Waals surface area contributed by atoms with Crippen molar-refractivity contribution < 1.29 is 4.74 Å². The van der Waals surface area contributed by atoms with Gasteiger partial charge in [0.1, 0.15) is 6.61 Å². The number of hydrogen-bond donors (Lipinski definition) is 1. The molecule has 1 unspecified atom stereocenters. The number of aromatic nitrogens is 1. The van der Waals surface area contributed by atoms with Gasteiger partial charge in [-0.25, -0.2) is 4.98 Å². The summed E-state index contributed by atoms with van der Waals surface area (Å²) in [6.45, 7) is 2.51. The summed E-state index contributed by atoms with van der Waals surface area (Å²) in [5.74, 6) is 0.637. The Kier molecular flexibility index (Phi) is 3.54. The van der Waals surface area contributed by atoms with Gasteiger partial charge in [-0.15, -0.1) is 11.3 Å². The number of thiophene rings is 1. The molecule has 1 atom stereocenters. The van der Waals surface area contributed by atoms with Crippen LogP contribution < -0.4 is 10.5 Å². The summed E-state index contributed by atoms with van der Waals surface area (Å²) in [5.41, 5.74) is 6.75. The number of rotatable bonds is 4. The van der Waals surface area contributed by atoms with Crippen molar-refractivity contribution in [2.45, 2.75) is 19.6 Å². The Hall–Kier alpha value is -1.39. The smallest absolute Gasteiger partial charge is 0.213 e. The molecule has 3 nitrogen and oxygen atoms in total. The van der Waals surface area contributed by atoms with Crippen molar-refractivity contribution in [2.75, 3.05) is 0 Å². The summed E-state index contributed by atoms with van der Waals surface area (Å²) in [6.07, 6.45) is 1.76. The van der Waals surface area contributed by atoms with Gasteiger partial charge >= 0.3 is 0 Å². The van der Waals surface area contributed by atoms with E-state index in [2.05, 4.69) is 4.98 Å². The van der Waals surface area contributed by atoms with E-state index in [9.17, 15) is 0 Å². The van der Waals surface area contributed by atoms with Crippen LogP contribution in [-0.2, 0) is 6.61 Å². The SMILES string of the molecule is CC(N)c1ccc(OCc2cccs2)nc1. The molecule has 0 radical (unpaired) electrons. The van der Waals surface area contributed by atoms with E-state index in [1.165, 1.54) is 4.88 Å². The molecular formula is C12H14N2OS. The maximum absolute atomic E-state index is 5.74. The first-order valence-electron chi connectivity index (χ1n) is 5.12. The van der Waals surface area contributed by atoms with Crippen LogP contribution in [0, 0.1) is 0 Å². The lowest BCUT2D eigenvalue weighted by Gasteiger charge is -2.07. The van der Waals surface area contributed by atoms with Crippen molar-refractivity contribution >= 4 is 11.3 Å². The first-order chi connectivity index (χ1) is 7.75. The standard InChI is InChI=1S/C12H14N2OS/c1-9(13)10-4-5-12(14-7-10)15-8-11-3-2-6-16-11/h2-7,9H,8,13H2,1H3. The fraction of sp³-hybridized carbons (Fsp3) is 0.250. The van der Waals surface area contributed by atoms with Gasteiger partial charge in [0.2, 0.25) is 5.88 Å². The highest BCUT2D eigenvalue weighted by molar-refractivity contribution is 7.09. The number of hydrogen-bond acceptors (Lipinski definition) is 4. The van der Waals surface area contributed by atoms with Gasteiger partial charge in [0.05, 0.1) is 0 Å². The van der Waals surface area contributed by atoms with E-state index in [-0.39, 0.29) is 6.04 Å². The third-order valence-corrected chi connectivity index (χ3v) is 3.08. The van der Waals surface area contributed by atoms with Crippen LogP contribution in [-0.4, -0.2) is 4.98 Å². The third kappa shape index (κ3) is 2.81. The second-order valence-corrected chi connectivity index (χ2v) is 4.62. The van der Waals surface area contributed by atoms with E-state index >= 15 is 0 Å². The zero-order chi connectivity index (χ0) is 11.4. The normalized spacial score (nSPS) is 12.4. The van der Waals surface area contributed by atoms with Crippen molar-refractivity contribution in [1.82, 2.24) is 4.98 Å². The van der Waals surface area contributed by atoms with E-state index in [4.69, 9.17) is 10.5 Å². The Balaban J connectivity index is 1.95. The quantitative estimate of drug-likeness (QED) is 0.884. The summed E-state index contributed by atoms with van der Waals surface area (Å²) in [7, 11) is 0. The molecule has 0 aliphatic rings. The molecule has 0 aliphatic carbocycles. The minimum absolute atomic E-state index is 0.0128. The number of nitrogens with two attached hydrogens (primary N) is 1. The van der Waals surface area contributed by atoms with Gasteiger partial charge in [0.15, 0.2) is 0 Å². The molecule has 0 fully saturated rings. The Morgan fingerprint density at radius 2 is 2.31 bits per heavy atom. The minimum Gasteiger partial charge on any atom is -0.472 e. The molecule has 0 spiro atoms.